The monoisotopic (exact) mass is 432 g/mol. The maximum atomic E-state index is 12.8. The molecular weight excluding hydrogens is 412 g/mol. The highest BCUT2D eigenvalue weighted by molar-refractivity contribution is 9.10. The zero-order valence-electron chi connectivity index (χ0n) is 15.0. The molecule has 1 saturated heterocycles. The van der Waals surface area contributed by atoms with Crippen molar-refractivity contribution in [2.45, 2.75) is 18.9 Å². The van der Waals surface area contributed by atoms with Crippen molar-refractivity contribution in [2.24, 2.45) is 5.73 Å². The Bertz CT molecular complexity index is 856. The highest BCUT2D eigenvalue weighted by atomic mass is 79.9. The number of halogens is 1. The lowest BCUT2D eigenvalue weighted by molar-refractivity contribution is -0.134. The van der Waals surface area contributed by atoms with Crippen LogP contribution in [0.5, 0.6) is 11.5 Å². The van der Waals surface area contributed by atoms with Crippen LogP contribution in [0, 0.1) is 0 Å². The second-order valence-electron chi connectivity index (χ2n) is 6.31. The zero-order valence-corrected chi connectivity index (χ0v) is 16.6. The molecule has 142 valence electrons. The van der Waals surface area contributed by atoms with E-state index in [4.69, 9.17) is 15.2 Å². The molecule has 0 aliphatic carbocycles. The van der Waals surface area contributed by atoms with Crippen LogP contribution in [0.3, 0.4) is 0 Å². The van der Waals surface area contributed by atoms with Gasteiger partial charge < -0.3 is 20.1 Å². The Morgan fingerprint density at radius 1 is 1.26 bits per heavy atom. The lowest BCUT2D eigenvalue weighted by Gasteiger charge is -2.26. The van der Waals surface area contributed by atoms with Gasteiger partial charge in [-0.2, -0.15) is 0 Å². The summed E-state index contributed by atoms with van der Waals surface area (Å²) >= 11 is 3.49. The van der Waals surface area contributed by atoms with Gasteiger partial charge in [-0.05, 0) is 49.2 Å². The number of amides is 2. The van der Waals surface area contributed by atoms with Crippen LogP contribution in [0.4, 0.5) is 0 Å². The average molecular weight is 433 g/mol. The summed E-state index contributed by atoms with van der Waals surface area (Å²) in [6.07, 6.45) is 1.79. The van der Waals surface area contributed by atoms with Gasteiger partial charge >= 0.3 is 0 Å². The van der Waals surface area contributed by atoms with E-state index in [0.717, 1.165) is 28.6 Å². The van der Waals surface area contributed by atoms with Gasteiger partial charge in [0.05, 0.1) is 13.2 Å². The molecule has 1 fully saturated rings. The van der Waals surface area contributed by atoms with Crippen LogP contribution in [-0.4, -0.2) is 37.0 Å². The normalized spacial score (nSPS) is 16.2. The van der Waals surface area contributed by atoms with Gasteiger partial charge in [-0.25, -0.2) is 0 Å². The molecule has 6 nitrogen and oxygen atoms in total. The summed E-state index contributed by atoms with van der Waals surface area (Å²) in [6, 6.07) is 12.3. The molecule has 0 saturated carbocycles. The smallest absolute Gasteiger partial charge is 0.261 e. The molecule has 1 aliphatic rings. The van der Waals surface area contributed by atoms with Crippen molar-refractivity contribution in [3.05, 3.63) is 58.1 Å². The fourth-order valence-corrected chi connectivity index (χ4v) is 3.70. The first kappa shape index (κ1) is 19.2. The number of hydrogen-bond donors (Lipinski definition) is 1. The average Bonchev–Trinajstić information content (AvgIpc) is 3.16. The molecule has 2 aromatic carbocycles. The second kappa shape index (κ2) is 8.43. The molecule has 7 heteroatoms. The Morgan fingerprint density at radius 3 is 2.81 bits per heavy atom. The largest absolute Gasteiger partial charge is 0.496 e. The highest BCUT2D eigenvalue weighted by Gasteiger charge is 2.32. The SMILES string of the molecule is COc1ccc(Br)cc1C1CCCN1C(=O)COc1cccc(C(N)=O)c1. The number of likely N-dealkylation sites (tertiary alicyclic amines) is 1. The number of carbonyl (C=O) groups excluding carboxylic acids is 2. The van der Waals surface area contributed by atoms with Gasteiger partial charge in [-0.1, -0.05) is 22.0 Å². The number of carbonyl (C=O) groups is 2. The van der Waals surface area contributed by atoms with Crippen LogP contribution < -0.4 is 15.2 Å². The molecule has 2 aromatic rings. The van der Waals surface area contributed by atoms with Gasteiger partial charge in [0.15, 0.2) is 6.61 Å². The first-order chi connectivity index (χ1) is 13.0. The standard InChI is InChI=1S/C20H21BrN2O4/c1-26-18-8-7-14(21)11-16(18)17-6-3-9-23(17)19(24)12-27-15-5-2-4-13(10-15)20(22)25/h2,4-5,7-8,10-11,17H,3,6,9,12H2,1H3,(H2,22,25). The minimum absolute atomic E-state index is 0.0505. The molecule has 0 aromatic heterocycles. The van der Waals surface area contributed by atoms with Crippen LogP contribution >= 0.6 is 15.9 Å². The van der Waals surface area contributed by atoms with E-state index < -0.39 is 5.91 Å². The van der Waals surface area contributed by atoms with Crippen molar-refractivity contribution in [1.29, 1.82) is 0 Å². The van der Waals surface area contributed by atoms with Crippen molar-refractivity contribution in [2.75, 3.05) is 20.3 Å². The third-order valence-corrected chi connectivity index (χ3v) is 5.10. The predicted molar refractivity (Wildman–Crippen MR) is 105 cm³/mol. The number of primary amides is 1. The molecule has 2 amide bonds. The van der Waals surface area contributed by atoms with Crippen molar-refractivity contribution in [3.63, 3.8) is 0 Å². The van der Waals surface area contributed by atoms with Gasteiger partial charge in [-0.15, -0.1) is 0 Å². The fraction of sp³-hybridized carbons (Fsp3) is 0.300. The summed E-state index contributed by atoms with van der Waals surface area (Å²) in [5.41, 5.74) is 6.60. The van der Waals surface area contributed by atoms with Crippen molar-refractivity contribution >= 4 is 27.7 Å². The quantitative estimate of drug-likeness (QED) is 0.758. The summed E-state index contributed by atoms with van der Waals surface area (Å²) in [6.45, 7) is 0.568. The lowest BCUT2D eigenvalue weighted by atomic mass is 10.0. The molecule has 1 aliphatic heterocycles. The lowest BCUT2D eigenvalue weighted by Crippen LogP contribution is -2.34. The third kappa shape index (κ3) is 4.42. The van der Waals surface area contributed by atoms with E-state index in [1.807, 2.05) is 23.1 Å². The van der Waals surface area contributed by atoms with Gasteiger partial charge in [0.1, 0.15) is 11.5 Å². The Hall–Kier alpha value is -2.54. The van der Waals surface area contributed by atoms with E-state index in [9.17, 15) is 9.59 Å². The van der Waals surface area contributed by atoms with Gasteiger partial charge in [0.2, 0.25) is 5.91 Å². The Labute approximate surface area is 166 Å². The topological polar surface area (TPSA) is 81.9 Å². The molecule has 1 atom stereocenters. The van der Waals surface area contributed by atoms with Gasteiger partial charge in [-0.3, -0.25) is 9.59 Å². The minimum atomic E-state index is -0.534. The Morgan fingerprint density at radius 2 is 2.07 bits per heavy atom. The first-order valence-corrected chi connectivity index (χ1v) is 9.44. The van der Waals surface area contributed by atoms with Crippen molar-refractivity contribution in [3.8, 4) is 11.5 Å². The van der Waals surface area contributed by atoms with Crippen molar-refractivity contribution in [1.82, 2.24) is 4.90 Å². The molecule has 0 spiro atoms. The number of benzene rings is 2. The van der Waals surface area contributed by atoms with E-state index in [0.29, 0.717) is 17.9 Å². The van der Waals surface area contributed by atoms with Crippen LogP contribution in [-0.2, 0) is 4.79 Å². The second-order valence-corrected chi connectivity index (χ2v) is 7.23. The van der Waals surface area contributed by atoms with E-state index in [1.54, 1.807) is 25.3 Å². The Balaban J connectivity index is 1.72. The first-order valence-electron chi connectivity index (χ1n) is 8.65. The van der Waals surface area contributed by atoms with Crippen LogP contribution in [0.1, 0.15) is 34.8 Å². The summed E-state index contributed by atoms with van der Waals surface area (Å²) in [4.78, 5) is 25.8. The summed E-state index contributed by atoms with van der Waals surface area (Å²) in [5, 5.41) is 0. The number of hydrogen-bond acceptors (Lipinski definition) is 4. The number of nitrogens with two attached hydrogens (primary N) is 1. The molecule has 2 N–H and O–H groups in total. The third-order valence-electron chi connectivity index (χ3n) is 4.60. The predicted octanol–water partition coefficient (Wildman–Crippen LogP) is 3.30. The molecule has 0 bridgehead atoms. The minimum Gasteiger partial charge on any atom is -0.496 e. The van der Waals surface area contributed by atoms with E-state index in [1.165, 1.54) is 6.07 Å². The number of nitrogens with zero attached hydrogens (tertiary/aromatic N) is 1. The van der Waals surface area contributed by atoms with Crippen molar-refractivity contribution < 1.29 is 19.1 Å². The fourth-order valence-electron chi connectivity index (χ4n) is 3.32. The Kier molecular flexibility index (Phi) is 6.01. The van der Waals surface area contributed by atoms with Crippen LogP contribution in [0.15, 0.2) is 46.9 Å². The zero-order chi connectivity index (χ0) is 19.4. The van der Waals surface area contributed by atoms with E-state index in [2.05, 4.69) is 15.9 Å². The van der Waals surface area contributed by atoms with Crippen LogP contribution in [0.2, 0.25) is 0 Å². The summed E-state index contributed by atoms with van der Waals surface area (Å²) < 4.78 is 12.0. The van der Waals surface area contributed by atoms with Gasteiger partial charge in [0, 0.05) is 22.1 Å². The number of ether oxygens (including phenoxy) is 2. The number of rotatable bonds is 6. The molecule has 1 heterocycles. The molecule has 3 rings (SSSR count). The van der Waals surface area contributed by atoms with E-state index in [-0.39, 0.29) is 18.6 Å². The maximum Gasteiger partial charge on any atom is 0.261 e. The molecular formula is C20H21BrN2O4. The molecule has 0 radical (unpaired) electrons. The van der Waals surface area contributed by atoms with Crippen LogP contribution in [0.25, 0.3) is 0 Å². The molecule has 1 unspecified atom stereocenters. The van der Waals surface area contributed by atoms with Gasteiger partial charge in [0.25, 0.3) is 5.91 Å². The summed E-state index contributed by atoms with van der Waals surface area (Å²) in [5.74, 6) is 0.561. The number of methoxy groups -OCH3 is 1. The van der Waals surface area contributed by atoms with E-state index >= 15 is 0 Å². The summed E-state index contributed by atoms with van der Waals surface area (Å²) in [7, 11) is 1.63. The highest BCUT2D eigenvalue weighted by Crippen LogP contribution is 2.38. The maximum absolute atomic E-state index is 12.8. The molecule has 27 heavy (non-hydrogen) atoms.